The summed E-state index contributed by atoms with van der Waals surface area (Å²) in [6.07, 6.45) is -0.245. The maximum Gasteiger partial charge on any atom is 0.416 e. The van der Waals surface area contributed by atoms with Crippen LogP contribution in [-0.2, 0) is 16.1 Å². The average Bonchev–Trinajstić information content (AvgIpc) is 2.98. The topological polar surface area (TPSA) is 112 Å². The van der Waals surface area contributed by atoms with Gasteiger partial charge in [-0.2, -0.15) is 13.2 Å². The van der Waals surface area contributed by atoms with E-state index in [0.717, 1.165) is 31.3 Å². The van der Waals surface area contributed by atoms with Gasteiger partial charge in [-0.1, -0.05) is 25.6 Å². The fourth-order valence-corrected chi connectivity index (χ4v) is 4.38. The van der Waals surface area contributed by atoms with Crippen molar-refractivity contribution in [3.8, 4) is 0 Å². The molecule has 0 spiro atoms. The number of aromatic nitrogens is 2. The second-order valence-corrected chi connectivity index (χ2v) is 9.96. The van der Waals surface area contributed by atoms with E-state index in [4.69, 9.17) is 0 Å². The minimum Gasteiger partial charge on any atom is -0.453 e. The van der Waals surface area contributed by atoms with Crippen LogP contribution in [0.5, 0.6) is 0 Å². The molecule has 3 N–H and O–H groups in total. The summed E-state index contributed by atoms with van der Waals surface area (Å²) in [7, 11) is 1.24. The Labute approximate surface area is 249 Å². The molecule has 0 aliphatic carbocycles. The summed E-state index contributed by atoms with van der Waals surface area (Å²) >= 11 is 0. The predicted molar refractivity (Wildman–Crippen MR) is 161 cm³/mol. The lowest BCUT2D eigenvalue weighted by atomic mass is 10.0. The lowest BCUT2D eigenvalue weighted by Crippen LogP contribution is -2.46. The zero-order valence-corrected chi connectivity index (χ0v) is 24.8. The molecule has 2 aromatic rings. The third-order valence-corrected chi connectivity index (χ3v) is 6.96. The summed E-state index contributed by atoms with van der Waals surface area (Å²) in [6.45, 7) is 13.3. The number of alkyl halides is 3. The van der Waals surface area contributed by atoms with E-state index >= 15 is 0 Å². The van der Waals surface area contributed by atoms with Gasteiger partial charge in [-0.25, -0.2) is 9.78 Å². The Morgan fingerprint density at radius 1 is 1.09 bits per heavy atom. The summed E-state index contributed by atoms with van der Waals surface area (Å²) < 4.78 is 46.8. The molecule has 0 atom stereocenters. The Balaban J connectivity index is 1.67. The molecule has 0 radical (unpaired) electrons. The van der Waals surface area contributed by atoms with E-state index in [0.29, 0.717) is 30.2 Å². The number of carbonyl (C=O) groups excluding carboxylic acids is 2. The van der Waals surface area contributed by atoms with Crippen molar-refractivity contribution in [3.63, 3.8) is 0 Å². The lowest BCUT2D eigenvalue weighted by molar-refractivity contribution is -0.112. The quantitative estimate of drug-likeness (QED) is 0.240. The van der Waals surface area contributed by atoms with Crippen LogP contribution in [0.2, 0.25) is 0 Å². The van der Waals surface area contributed by atoms with Crippen LogP contribution < -0.4 is 16.0 Å². The van der Waals surface area contributed by atoms with Crippen molar-refractivity contribution < 1.29 is 27.5 Å². The van der Waals surface area contributed by atoms with Gasteiger partial charge in [-0.3, -0.25) is 20.0 Å². The fraction of sp³-hybridized carbons (Fsp3) is 0.400. The molecule has 2 amide bonds. The van der Waals surface area contributed by atoms with Crippen LogP contribution in [0, 0.1) is 6.92 Å². The van der Waals surface area contributed by atoms with Gasteiger partial charge < -0.3 is 20.3 Å². The number of aryl methyl sites for hydroxylation is 1. The molecule has 1 saturated heterocycles. The van der Waals surface area contributed by atoms with Crippen LogP contribution in [-0.4, -0.2) is 84.3 Å². The zero-order valence-electron chi connectivity index (χ0n) is 24.8. The van der Waals surface area contributed by atoms with Gasteiger partial charge in [-0.15, -0.1) is 0 Å². The average molecular weight is 602 g/mol. The number of likely N-dealkylation sites (N-methyl/N-ethyl adjacent to an activating group) is 1. The second-order valence-electron chi connectivity index (χ2n) is 9.96. The fourth-order valence-electron chi connectivity index (χ4n) is 4.38. The van der Waals surface area contributed by atoms with Gasteiger partial charge in [0.05, 0.1) is 37.3 Å². The second kappa shape index (κ2) is 15.3. The highest BCUT2D eigenvalue weighted by Crippen LogP contribution is 2.32. The molecule has 13 heteroatoms. The number of hydrogen-bond acceptors (Lipinski definition) is 8. The van der Waals surface area contributed by atoms with E-state index in [-0.39, 0.29) is 30.1 Å². The molecule has 3 rings (SSSR count). The van der Waals surface area contributed by atoms with E-state index in [1.807, 2.05) is 11.8 Å². The maximum absolute atomic E-state index is 14.1. The largest absolute Gasteiger partial charge is 0.453 e. The smallest absolute Gasteiger partial charge is 0.416 e. The molecule has 10 nitrogen and oxygen atoms in total. The highest BCUT2D eigenvalue weighted by molar-refractivity contribution is 6.06. The van der Waals surface area contributed by atoms with Gasteiger partial charge >= 0.3 is 12.3 Å². The number of carbonyl (C=O) groups is 2. The summed E-state index contributed by atoms with van der Waals surface area (Å²) in [4.78, 5) is 36.9. The van der Waals surface area contributed by atoms with Crippen LogP contribution in [0.15, 0.2) is 66.0 Å². The molecule has 0 bridgehead atoms. The number of nitrogens with zero attached hydrogens (tertiary/aromatic N) is 4. The number of halogens is 3. The highest BCUT2D eigenvalue weighted by atomic mass is 19.4. The van der Waals surface area contributed by atoms with Gasteiger partial charge in [0, 0.05) is 49.7 Å². The van der Waals surface area contributed by atoms with Crippen LogP contribution in [0.4, 0.5) is 35.2 Å². The number of nitrogens with one attached hydrogen (secondary N) is 3. The number of anilines is 3. The van der Waals surface area contributed by atoms with E-state index in [1.54, 1.807) is 18.2 Å². The molecule has 1 fully saturated rings. The number of rotatable bonds is 11. The molecular formula is C30H38F3N7O3. The molecule has 2 heterocycles. The van der Waals surface area contributed by atoms with Crippen molar-refractivity contribution in [1.29, 1.82) is 0 Å². The number of hydrogen-bond donors (Lipinski definition) is 3. The standard InChI is InChI=1S/C30H38F3N7O3/c1-6-22(14-25(30(31,32)33)21(4)19-40-12-10-39(7-2)11-13-40)28(41)37-23-9-8-20(3)26(15-23)35-16-24-17-36-27(18-34-24)38-29(42)43-5/h6,8-9,14-15,17-18,35H,4,7,10-13,16,19H2,1-3,5H3,(H,37,41)(H,36,38,42)/b22-6+,25-14+. The van der Waals surface area contributed by atoms with Crippen molar-refractivity contribution in [1.82, 2.24) is 19.8 Å². The van der Waals surface area contributed by atoms with Crippen LogP contribution in [0.1, 0.15) is 25.1 Å². The zero-order chi connectivity index (χ0) is 31.6. The lowest BCUT2D eigenvalue weighted by Gasteiger charge is -2.34. The molecule has 0 saturated carbocycles. The first kappa shape index (κ1) is 33.3. The predicted octanol–water partition coefficient (Wildman–Crippen LogP) is 5.14. The van der Waals surface area contributed by atoms with Gasteiger partial charge in [0.25, 0.3) is 5.91 Å². The van der Waals surface area contributed by atoms with Gasteiger partial charge in [0.15, 0.2) is 5.82 Å². The first-order valence-corrected chi connectivity index (χ1v) is 13.8. The molecule has 1 aliphatic heterocycles. The molecule has 1 aliphatic rings. The minimum absolute atomic E-state index is 0.0728. The van der Waals surface area contributed by atoms with Crippen molar-refractivity contribution in [2.75, 3.05) is 62.3 Å². The minimum atomic E-state index is -4.67. The Bertz CT molecular complexity index is 1350. The Morgan fingerprint density at radius 2 is 1.79 bits per heavy atom. The van der Waals surface area contributed by atoms with Crippen molar-refractivity contribution in [2.45, 2.75) is 33.5 Å². The van der Waals surface area contributed by atoms with E-state index in [9.17, 15) is 22.8 Å². The maximum atomic E-state index is 14.1. The molecular weight excluding hydrogens is 563 g/mol. The molecule has 1 aromatic carbocycles. The number of ether oxygens (including phenoxy) is 1. The van der Waals surface area contributed by atoms with E-state index < -0.39 is 23.7 Å². The molecule has 0 unspecified atom stereocenters. The monoisotopic (exact) mass is 601 g/mol. The first-order chi connectivity index (χ1) is 20.4. The van der Waals surface area contributed by atoms with Gasteiger partial charge in [0.1, 0.15) is 0 Å². The number of allylic oxidation sites excluding steroid dienone is 1. The van der Waals surface area contributed by atoms with Gasteiger partial charge in [-0.05, 0) is 49.7 Å². The summed E-state index contributed by atoms with van der Waals surface area (Å²) in [5, 5.41) is 8.32. The number of benzene rings is 1. The molecule has 1 aromatic heterocycles. The van der Waals surface area contributed by atoms with Crippen molar-refractivity contribution in [2.24, 2.45) is 0 Å². The van der Waals surface area contributed by atoms with Crippen molar-refractivity contribution >= 4 is 29.2 Å². The third kappa shape index (κ3) is 9.93. The third-order valence-electron chi connectivity index (χ3n) is 6.96. The Morgan fingerprint density at radius 3 is 2.37 bits per heavy atom. The van der Waals surface area contributed by atoms with Crippen LogP contribution in [0.3, 0.4) is 0 Å². The SMILES string of the molecule is C=C(CN1CCN(CC)CC1)/C(=C\C(=C/C)C(=O)Nc1ccc(C)c(NCc2cnc(NC(=O)OC)cn2)c1)C(F)(F)F. The van der Waals surface area contributed by atoms with Crippen LogP contribution in [0.25, 0.3) is 0 Å². The van der Waals surface area contributed by atoms with E-state index in [2.05, 4.69) is 49.1 Å². The van der Waals surface area contributed by atoms with E-state index in [1.165, 1.54) is 32.5 Å². The molecule has 43 heavy (non-hydrogen) atoms. The van der Waals surface area contributed by atoms with Crippen LogP contribution >= 0.6 is 0 Å². The summed E-state index contributed by atoms with van der Waals surface area (Å²) in [5.41, 5.74) is 1.40. The van der Waals surface area contributed by atoms with Gasteiger partial charge in [0.2, 0.25) is 0 Å². The summed E-state index contributed by atoms with van der Waals surface area (Å²) in [6, 6.07) is 5.13. The summed E-state index contributed by atoms with van der Waals surface area (Å²) in [5.74, 6) is -0.444. The Kier molecular flexibility index (Phi) is 11.8. The normalized spacial score (nSPS) is 15.1. The van der Waals surface area contributed by atoms with Crippen molar-refractivity contribution in [3.05, 3.63) is 77.3 Å². The molecule has 232 valence electrons. The number of amides is 2. The number of methoxy groups -OCH3 is 1. The number of piperazine rings is 1. The Hall–Kier alpha value is -4.23. The first-order valence-electron chi connectivity index (χ1n) is 13.8. The highest BCUT2D eigenvalue weighted by Gasteiger charge is 2.36.